The molecule has 0 bridgehead atoms. The van der Waals surface area contributed by atoms with Crippen LogP contribution in [0.4, 0.5) is 0 Å². The van der Waals surface area contributed by atoms with E-state index in [0.717, 1.165) is 51.0 Å². The van der Waals surface area contributed by atoms with E-state index in [1.54, 1.807) is 24.3 Å². The molecule has 0 unspecified atom stereocenters. The van der Waals surface area contributed by atoms with Crippen molar-refractivity contribution in [1.82, 2.24) is 5.32 Å². The Hall–Kier alpha value is -4.17. The summed E-state index contributed by atoms with van der Waals surface area (Å²) in [6.45, 7) is 4.26. The second-order valence-corrected chi connectivity index (χ2v) is 11.6. The number of aliphatic hydroxyl groups is 1. The molecule has 0 aliphatic rings. The molecule has 0 saturated carbocycles. The van der Waals surface area contributed by atoms with Crippen molar-refractivity contribution in [1.29, 1.82) is 0 Å². The number of ether oxygens (including phenoxy) is 1. The van der Waals surface area contributed by atoms with E-state index in [1.165, 1.54) is 12.5 Å². The summed E-state index contributed by atoms with van der Waals surface area (Å²) in [4.78, 5) is 60.9. The maximum Gasteiger partial charge on any atom is 0.337 e. The predicted octanol–water partition coefficient (Wildman–Crippen LogP) is 5.32. The molecule has 0 heterocycles. The summed E-state index contributed by atoms with van der Waals surface area (Å²) < 4.78 is 5.50. The first-order valence-electron chi connectivity index (χ1n) is 16.5. The number of allylic oxidation sites excluding steroid dienone is 1. The maximum absolute atomic E-state index is 13.3. The van der Waals surface area contributed by atoms with Crippen molar-refractivity contribution >= 4 is 29.6 Å². The van der Waals surface area contributed by atoms with Crippen LogP contribution < -0.4 is 10.1 Å². The molecule has 11 heteroatoms. The fourth-order valence-corrected chi connectivity index (χ4v) is 4.95. The monoisotopic (exact) mass is 657 g/mol. The van der Waals surface area contributed by atoms with E-state index in [0.29, 0.717) is 43.4 Å². The van der Waals surface area contributed by atoms with Crippen molar-refractivity contribution in [2.45, 2.75) is 122 Å². The molecule has 0 aliphatic heterocycles. The van der Waals surface area contributed by atoms with E-state index in [9.17, 15) is 44.4 Å². The predicted molar refractivity (Wildman–Crippen MR) is 177 cm³/mol. The summed E-state index contributed by atoms with van der Waals surface area (Å²) in [5.74, 6) is -1.49. The van der Waals surface area contributed by atoms with Crippen molar-refractivity contribution < 1.29 is 49.1 Å². The van der Waals surface area contributed by atoms with Crippen LogP contribution in [-0.2, 0) is 30.4 Å². The number of rotatable bonds is 25. The van der Waals surface area contributed by atoms with Gasteiger partial charge in [-0.15, -0.1) is 5.92 Å². The van der Waals surface area contributed by atoms with E-state index in [-0.39, 0.29) is 18.8 Å². The molecule has 3 atom stereocenters. The van der Waals surface area contributed by atoms with Crippen LogP contribution in [0, 0.1) is 17.8 Å². The topological polar surface area (TPSA) is 188 Å². The second-order valence-electron chi connectivity index (χ2n) is 11.6. The van der Waals surface area contributed by atoms with Gasteiger partial charge in [0.15, 0.2) is 5.60 Å². The van der Waals surface area contributed by atoms with Crippen LogP contribution in [0.2, 0.25) is 0 Å². The van der Waals surface area contributed by atoms with Gasteiger partial charge in [0.25, 0.3) is 0 Å². The molecule has 1 amide bonds. The van der Waals surface area contributed by atoms with E-state index in [2.05, 4.69) is 24.1 Å². The molecule has 11 nitrogen and oxygen atoms in total. The summed E-state index contributed by atoms with van der Waals surface area (Å²) >= 11 is 0. The standard InChI is InChI=1S/C36H51NO10/c1-3-5-7-10-13-17-28(38)18-14-11-8-9-12-15-19-30(36(46,35(44)45)26-32(39)40)33(41)37-31(34(42)43)25-27-20-22-29(23-21-27)47-24-16-6-4-2/h15,19-23,30-31,46H,3-5,7-14,17-18,24-26H2,1-2H3,(H,37,41)(H,39,40)(H,42,43)(H,44,45)/t30-,31+,36+/m1/s1. The van der Waals surface area contributed by atoms with Gasteiger partial charge in [-0.05, 0) is 43.4 Å². The summed E-state index contributed by atoms with van der Waals surface area (Å²) in [5, 5.41) is 42.0. The molecular formula is C36H51NO10. The number of hydrogen-bond acceptors (Lipinski definition) is 7. The Morgan fingerprint density at radius 3 is 2.04 bits per heavy atom. The van der Waals surface area contributed by atoms with Crippen LogP contribution in [0.25, 0.3) is 0 Å². The normalized spacial score (nSPS) is 13.5. The zero-order valence-corrected chi connectivity index (χ0v) is 27.7. The Kier molecular flexibility index (Phi) is 20.2. The summed E-state index contributed by atoms with van der Waals surface area (Å²) in [7, 11) is 0. The molecule has 260 valence electrons. The van der Waals surface area contributed by atoms with Crippen molar-refractivity contribution in [2.75, 3.05) is 6.61 Å². The first kappa shape index (κ1) is 40.9. The first-order valence-corrected chi connectivity index (χ1v) is 16.5. The third kappa shape index (κ3) is 16.8. The van der Waals surface area contributed by atoms with Gasteiger partial charge in [-0.2, -0.15) is 0 Å². The number of hydrogen-bond donors (Lipinski definition) is 5. The average molecular weight is 658 g/mol. The Morgan fingerprint density at radius 2 is 1.49 bits per heavy atom. The SMILES string of the molecule is CCC#CCOc1ccc(C[C@H](NC(=O)[C@@H](C=CCCCCCCC(=O)CCCCCCC)[C@@](O)(CC(=O)O)C(=O)O)C(=O)O)cc1. The minimum atomic E-state index is -3.02. The minimum Gasteiger partial charge on any atom is -0.481 e. The van der Waals surface area contributed by atoms with Crippen LogP contribution in [0.1, 0.15) is 109 Å². The van der Waals surface area contributed by atoms with Crippen LogP contribution in [-0.4, -0.2) is 68.3 Å². The van der Waals surface area contributed by atoms with E-state index in [1.807, 2.05) is 6.92 Å². The largest absolute Gasteiger partial charge is 0.481 e. The van der Waals surface area contributed by atoms with Crippen LogP contribution in [0.15, 0.2) is 36.4 Å². The number of carboxylic acids is 3. The van der Waals surface area contributed by atoms with Crippen molar-refractivity contribution in [3.63, 3.8) is 0 Å². The average Bonchev–Trinajstić information content (AvgIpc) is 3.02. The highest BCUT2D eigenvalue weighted by Crippen LogP contribution is 2.26. The van der Waals surface area contributed by atoms with Crippen LogP contribution in [0.3, 0.4) is 0 Å². The van der Waals surface area contributed by atoms with Gasteiger partial charge in [-0.3, -0.25) is 14.4 Å². The Bertz CT molecular complexity index is 1230. The number of carbonyl (C=O) groups excluding carboxylic acids is 2. The highest BCUT2D eigenvalue weighted by atomic mass is 16.5. The molecule has 0 fully saturated rings. The number of nitrogens with one attached hydrogen (secondary N) is 1. The van der Waals surface area contributed by atoms with Gasteiger partial charge in [0, 0.05) is 25.7 Å². The quantitative estimate of drug-likeness (QED) is 0.0523. The molecule has 1 aromatic rings. The molecule has 1 aromatic carbocycles. The molecule has 5 N–H and O–H groups in total. The first-order chi connectivity index (χ1) is 22.4. The lowest BCUT2D eigenvalue weighted by Crippen LogP contribution is -2.55. The van der Waals surface area contributed by atoms with Gasteiger partial charge in [-0.25, -0.2) is 9.59 Å². The van der Waals surface area contributed by atoms with E-state index >= 15 is 0 Å². The lowest BCUT2D eigenvalue weighted by Gasteiger charge is -2.29. The van der Waals surface area contributed by atoms with Crippen molar-refractivity contribution in [2.24, 2.45) is 5.92 Å². The number of aliphatic carboxylic acids is 3. The highest BCUT2D eigenvalue weighted by Gasteiger charge is 2.49. The molecular weight excluding hydrogens is 606 g/mol. The zero-order chi connectivity index (χ0) is 35.1. The van der Waals surface area contributed by atoms with E-state index < -0.39 is 47.8 Å². The molecule has 0 saturated heterocycles. The van der Waals surface area contributed by atoms with Gasteiger partial charge in [0.05, 0.1) is 12.3 Å². The lowest BCUT2D eigenvalue weighted by atomic mass is 9.82. The summed E-state index contributed by atoms with van der Waals surface area (Å²) in [5.41, 5.74) is -2.49. The number of Topliss-reactive ketones (excluding diaryl/α,β-unsaturated/α-hetero) is 1. The zero-order valence-electron chi connectivity index (χ0n) is 27.7. The third-order valence-electron chi connectivity index (χ3n) is 7.64. The number of carbonyl (C=O) groups is 5. The maximum atomic E-state index is 13.3. The van der Waals surface area contributed by atoms with Crippen LogP contribution in [0.5, 0.6) is 5.75 Å². The van der Waals surface area contributed by atoms with Gasteiger partial charge in [-0.1, -0.05) is 82.6 Å². The Balaban J connectivity index is 2.83. The summed E-state index contributed by atoms with van der Waals surface area (Å²) in [6, 6.07) is 4.98. The fourth-order valence-electron chi connectivity index (χ4n) is 4.95. The van der Waals surface area contributed by atoms with Gasteiger partial charge in [0.1, 0.15) is 24.2 Å². The second kappa shape index (κ2) is 23.2. The van der Waals surface area contributed by atoms with Gasteiger partial charge in [0.2, 0.25) is 5.91 Å². The fraction of sp³-hybridized carbons (Fsp3) is 0.583. The van der Waals surface area contributed by atoms with Crippen LogP contribution >= 0.6 is 0 Å². The molecule has 1 rings (SSSR count). The number of carboxylic acid groups (broad SMARTS) is 3. The number of benzene rings is 1. The number of unbranched alkanes of at least 4 members (excludes halogenated alkanes) is 8. The lowest BCUT2D eigenvalue weighted by molar-refractivity contribution is -0.172. The van der Waals surface area contributed by atoms with Gasteiger partial charge < -0.3 is 30.5 Å². The van der Waals surface area contributed by atoms with Crippen molar-refractivity contribution in [3.8, 4) is 17.6 Å². The molecule has 0 aromatic heterocycles. The third-order valence-corrected chi connectivity index (χ3v) is 7.64. The Morgan fingerprint density at radius 1 is 0.872 bits per heavy atom. The number of amides is 1. The number of ketones is 1. The molecule has 47 heavy (non-hydrogen) atoms. The Labute approximate surface area is 277 Å². The molecule has 0 spiro atoms. The van der Waals surface area contributed by atoms with E-state index in [4.69, 9.17) is 4.74 Å². The van der Waals surface area contributed by atoms with Crippen molar-refractivity contribution in [3.05, 3.63) is 42.0 Å². The highest BCUT2D eigenvalue weighted by molar-refractivity contribution is 5.94. The van der Waals surface area contributed by atoms with Gasteiger partial charge >= 0.3 is 17.9 Å². The smallest absolute Gasteiger partial charge is 0.337 e. The minimum absolute atomic E-state index is 0.167. The molecule has 0 aliphatic carbocycles. The molecule has 0 radical (unpaired) electrons. The summed E-state index contributed by atoms with van der Waals surface area (Å²) in [6.07, 6.45) is 11.9.